The number of aryl methyl sites for hydroxylation is 1. The summed E-state index contributed by atoms with van der Waals surface area (Å²) in [6.07, 6.45) is 0.692. The molecule has 0 N–H and O–H groups in total. The minimum Gasteiger partial charge on any atom is -0.284 e. The summed E-state index contributed by atoms with van der Waals surface area (Å²) in [6.45, 7) is 2.55. The number of hydrogen-bond acceptors (Lipinski definition) is 4. The highest BCUT2D eigenvalue weighted by Gasteiger charge is 2.30. The molecule has 7 heteroatoms. The van der Waals surface area contributed by atoms with Crippen molar-refractivity contribution in [3.05, 3.63) is 35.0 Å². The van der Waals surface area contributed by atoms with Crippen LogP contribution >= 0.6 is 11.6 Å². The van der Waals surface area contributed by atoms with Gasteiger partial charge in [-0.05, 0) is 25.5 Å². The second-order valence-electron chi connectivity index (χ2n) is 4.62. The summed E-state index contributed by atoms with van der Waals surface area (Å²) in [4.78, 5) is 9.62. The number of benzene rings is 1. The topological polar surface area (TPSA) is 59.5 Å². The van der Waals surface area contributed by atoms with Gasteiger partial charge in [-0.3, -0.25) is 9.82 Å². The first-order valence-electron chi connectivity index (χ1n) is 6.22. The van der Waals surface area contributed by atoms with Crippen LogP contribution in [0.2, 0.25) is 5.02 Å². The lowest BCUT2D eigenvalue weighted by Crippen LogP contribution is -2.27. The summed E-state index contributed by atoms with van der Waals surface area (Å²) in [5.74, 6) is 0. The van der Waals surface area contributed by atoms with Gasteiger partial charge < -0.3 is 0 Å². The Bertz CT molecular complexity index is 771. The summed E-state index contributed by atoms with van der Waals surface area (Å²) in [5, 5.41) is 1.12. The largest absolute Gasteiger partial charge is 0.284 e. The van der Waals surface area contributed by atoms with Gasteiger partial charge in [-0.2, -0.15) is 0 Å². The Balaban J connectivity index is 2.26. The smallest absolute Gasteiger partial charge is 0.267 e. The number of para-hydroxylation sites is 1. The molecule has 1 aromatic heterocycles. The molecule has 1 aliphatic rings. The molecule has 0 unspecified atom stereocenters. The molecule has 2 aromatic rings. The molecule has 106 valence electrons. The van der Waals surface area contributed by atoms with Gasteiger partial charge in [-0.25, -0.2) is 8.42 Å². The lowest BCUT2D eigenvalue weighted by molar-refractivity contribution is -0.0283. The number of fused-ring (bicyclic) bond motifs is 1. The van der Waals surface area contributed by atoms with E-state index in [1.807, 2.05) is 0 Å². The molecule has 1 saturated heterocycles. The van der Waals surface area contributed by atoms with Crippen LogP contribution in [0, 0.1) is 6.92 Å². The summed E-state index contributed by atoms with van der Waals surface area (Å²) in [5.41, 5.74) is 1.06. The normalized spacial score (nSPS) is 16.9. The maximum Gasteiger partial charge on any atom is 0.267 e. The Morgan fingerprint density at radius 2 is 2.20 bits per heavy atom. The zero-order valence-electron chi connectivity index (χ0n) is 10.8. The van der Waals surface area contributed by atoms with E-state index in [0.29, 0.717) is 41.2 Å². The van der Waals surface area contributed by atoms with Gasteiger partial charge in [0, 0.05) is 17.6 Å². The molecule has 0 aliphatic carbocycles. The van der Waals surface area contributed by atoms with Crippen LogP contribution in [0.4, 0.5) is 0 Å². The van der Waals surface area contributed by atoms with Gasteiger partial charge in [0.25, 0.3) is 10.0 Å². The van der Waals surface area contributed by atoms with Crippen LogP contribution in [0.15, 0.2) is 29.2 Å². The molecule has 1 fully saturated rings. The zero-order chi connectivity index (χ0) is 14.3. The number of hydrogen-bond donors (Lipinski definition) is 0. The standard InChI is InChI=1S/C13H13ClN2O3S/c1-9-8-11(14)10-4-2-5-12(13(10)15-9)20(17,18)16-6-3-7-19-16/h2,4-5,8H,3,6-7H2,1H3. The fourth-order valence-electron chi connectivity index (χ4n) is 2.23. The molecule has 20 heavy (non-hydrogen) atoms. The molecule has 1 aliphatic heterocycles. The Labute approximate surface area is 122 Å². The maximum atomic E-state index is 12.6. The van der Waals surface area contributed by atoms with E-state index in [-0.39, 0.29) is 4.90 Å². The van der Waals surface area contributed by atoms with Crippen LogP contribution in [0.1, 0.15) is 12.1 Å². The van der Waals surface area contributed by atoms with E-state index >= 15 is 0 Å². The summed E-state index contributed by atoms with van der Waals surface area (Å²) in [6, 6.07) is 6.66. The van der Waals surface area contributed by atoms with Gasteiger partial charge in [0.2, 0.25) is 0 Å². The van der Waals surface area contributed by atoms with Gasteiger partial charge in [-0.1, -0.05) is 28.2 Å². The van der Waals surface area contributed by atoms with E-state index in [1.165, 1.54) is 6.07 Å². The Hall–Kier alpha value is -1.21. The van der Waals surface area contributed by atoms with Crippen LogP contribution in [0.5, 0.6) is 0 Å². The first-order valence-corrected chi connectivity index (χ1v) is 8.03. The van der Waals surface area contributed by atoms with Crippen molar-refractivity contribution in [2.45, 2.75) is 18.2 Å². The second kappa shape index (κ2) is 4.96. The Morgan fingerprint density at radius 3 is 2.90 bits per heavy atom. The van der Waals surface area contributed by atoms with Crippen molar-refractivity contribution < 1.29 is 13.3 Å². The molecular weight excluding hydrogens is 300 g/mol. The predicted octanol–water partition coefficient (Wildman–Crippen LogP) is 2.52. The third kappa shape index (κ3) is 2.18. The van der Waals surface area contributed by atoms with E-state index in [4.69, 9.17) is 16.4 Å². The summed E-state index contributed by atoms with van der Waals surface area (Å²) in [7, 11) is -3.71. The van der Waals surface area contributed by atoms with Gasteiger partial charge in [0.05, 0.1) is 17.1 Å². The Kier molecular flexibility index (Phi) is 3.41. The molecule has 2 heterocycles. The van der Waals surface area contributed by atoms with E-state index in [0.717, 1.165) is 4.47 Å². The number of halogens is 1. The summed E-state index contributed by atoms with van der Waals surface area (Å²) < 4.78 is 26.2. The van der Waals surface area contributed by atoms with Crippen LogP contribution < -0.4 is 0 Å². The maximum absolute atomic E-state index is 12.6. The third-order valence-corrected chi connectivity index (χ3v) is 5.17. The SMILES string of the molecule is Cc1cc(Cl)c2cccc(S(=O)(=O)N3CCCO3)c2n1. The van der Waals surface area contributed by atoms with Crippen molar-refractivity contribution in [1.29, 1.82) is 0 Å². The third-order valence-electron chi connectivity index (χ3n) is 3.15. The van der Waals surface area contributed by atoms with Crippen molar-refractivity contribution in [3.8, 4) is 0 Å². The molecule has 3 rings (SSSR count). The number of rotatable bonds is 2. The first-order chi connectivity index (χ1) is 9.50. The van der Waals surface area contributed by atoms with Crippen molar-refractivity contribution in [1.82, 2.24) is 9.45 Å². The molecule has 0 radical (unpaired) electrons. The molecular formula is C13H13ClN2O3S. The van der Waals surface area contributed by atoms with Crippen molar-refractivity contribution in [3.63, 3.8) is 0 Å². The van der Waals surface area contributed by atoms with Crippen molar-refractivity contribution in [2.24, 2.45) is 0 Å². The van der Waals surface area contributed by atoms with E-state index in [2.05, 4.69) is 4.98 Å². The number of nitrogens with zero attached hydrogens (tertiary/aromatic N) is 2. The first kappa shape index (κ1) is 13.8. The second-order valence-corrected chi connectivity index (χ2v) is 6.82. The Morgan fingerprint density at radius 1 is 1.40 bits per heavy atom. The minimum absolute atomic E-state index is 0.127. The van der Waals surface area contributed by atoms with Gasteiger partial charge >= 0.3 is 0 Å². The zero-order valence-corrected chi connectivity index (χ0v) is 12.4. The van der Waals surface area contributed by atoms with E-state index in [9.17, 15) is 8.42 Å². The highest BCUT2D eigenvalue weighted by atomic mass is 35.5. The van der Waals surface area contributed by atoms with E-state index in [1.54, 1.807) is 25.1 Å². The molecule has 0 amide bonds. The number of aromatic nitrogens is 1. The van der Waals surface area contributed by atoms with Crippen LogP contribution in [-0.2, 0) is 14.9 Å². The molecule has 5 nitrogen and oxygen atoms in total. The number of hydroxylamine groups is 1. The summed E-state index contributed by atoms with van der Waals surface area (Å²) >= 11 is 6.16. The predicted molar refractivity (Wildman–Crippen MR) is 76.0 cm³/mol. The van der Waals surface area contributed by atoms with Gasteiger partial charge in [0.15, 0.2) is 0 Å². The molecule has 0 spiro atoms. The molecule has 0 bridgehead atoms. The van der Waals surface area contributed by atoms with Crippen molar-refractivity contribution >= 4 is 32.5 Å². The van der Waals surface area contributed by atoms with Crippen LogP contribution in [0.3, 0.4) is 0 Å². The fraction of sp³-hybridized carbons (Fsp3) is 0.308. The average Bonchev–Trinajstić information content (AvgIpc) is 2.92. The van der Waals surface area contributed by atoms with Crippen molar-refractivity contribution in [2.75, 3.05) is 13.2 Å². The monoisotopic (exact) mass is 312 g/mol. The lowest BCUT2D eigenvalue weighted by Gasteiger charge is -2.15. The van der Waals surface area contributed by atoms with Crippen LogP contribution in [-0.4, -0.2) is 31.0 Å². The highest BCUT2D eigenvalue weighted by Crippen LogP contribution is 2.30. The quantitative estimate of drug-likeness (QED) is 0.855. The molecule has 0 saturated carbocycles. The number of sulfonamides is 1. The fourth-order valence-corrected chi connectivity index (χ4v) is 4.00. The van der Waals surface area contributed by atoms with Crippen LogP contribution in [0.25, 0.3) is 10.9 Å². The molecule has 1 aromatic carbocycles. The van der Waals surface area contributed by atoms with Gasteiger partial charge in [-0.15, -0.1) is 0 Å². The van der Waals surface area contributed by atoms with E-state index < -0.39 is 10.0 Å². The minimum atomic E-state index is -3.71. The van der Waals surface area contributed by atoms with Gasteiger partial charge in [0.1, 0.15) is 4.90 Å². The average molecular weight is 313 g/mol. The lowest BCUT2D eigenvalue weighted by atomic mass is 10.2. The molecule has 0 atom stereocenters. The number of pyridine rings is 1. The highest BCUT2D eigenvalue weighted by molar-refractivity contribution is 7.89.